The summed E-state index contributed by atoms with van der Waals surface area (Å²) in [5, 5.41) is 10.4. The quantitative estimate of drug-likeness (QED) is 0.0670. The normalized spacial score (nSPS) is 17.1. The zero-order valence-electron chi connectivity index (χ0n) is 70.8. The van der Waals surface area contributed by atoms with E-state index in [9.17, 15) is 104 Å². The molecule has 5 aromatic heterocycles. The van der Waals surface area contributed by atoms with Gasteiger partial charge in [-0.2, -0.15) is 0 Å². The first kappa shape index (κ1) is 92.6. The number of pyridine rings is 4. The molecule has 0 saturated heterocycles. The van der Waals surface area contributed by atoms with Gasteiger partial charge in [0.1, 0.15) is 68.3 Å². The third-order valence-electron chi connectivity index (χ3n) is 24.6. The minimum Gasteiger partial charge on any atom is -0.348 e. The number of hydrogen-bond donors (Lipinski definition) is 4. The van der Waals surface area contributed by atoms with Crippen LogP contribution in [0.4, 0.5) is 13.2 Å². The van der Waals surface area contributed by atoms with Crippen LogP contribution in [0, 0.1) is 45.1 Å². The Morgan fingerprint density at radius 2 is 0.614 bits per heavy atom. The standard InChI is InChI=1S/3C22H24FN3O5S.C20H23N5O5S/c2*1-14-3-4-15(11-17(14)23)12-24-19(27)16-5-6-18-21(29)25(9-10-26(18)20(16)28)13-22(7-8-22)32(2,30)31;1-14-3-4-15(17(23)11-14)12-24-19(27)16-5-6-18-21(29)25(9-10-26(18)20(16)28)13-22(7-8-22)32(2,30)31;1-13-9-21-16(22-10-13)11-23-17(26)14-3-4-15-19(28)24(7-8-25(15)18(14)27)12-20(5-6-20)31(2,29)30/h3*3-6,11H,7-10,12-13H2,1-2H3,(H,24,27);3-4,9-10H,5-8,11-12H2,1-2H3,(H,23,26). The van der Waals surface area contributed by atoms with Crippen molar-refractivity contribution < 1.29 is 85.2 Å². The molecule has 0 radical (unpaired) electrons. The second-order valence-corrected chi connectivity index (χ2v) is 43.4. The molecule has 674 valence electrons. The number of carbonyl (C=O) groups excluding carboxylic acids is 8. The van der Waals surface area contributed by atoms with Gasteiger partial charge in [0.15, 0.2) is 39.3 Å². The predicted molar refractivity (Wildman–Crippen MR) is 459 cm³/mol. The Balaban J connectivity index is 0.000000145. The average molecular weight is 1830 g/mol. The van der Waals surface area contributed by atoms with Crippen LogP contribution in [-0.2, 0) is 91.7 Å². The van der Waals surface area contributed by atoms with Crippen molar-refractivity contribution in [3.8, 4) is 0 Å². The van der Waals surface area contributed by atoms with Gasteiger partial charge >= 0.3 is 0 Å². The molecule has 41 heteroatoms. The molecule has 0 atom stereocenters. The van der Waals surface area contributed by atoms with Gasteiger partial charge in [0.2, 0.25) is 0 Å². The molecule has 8 aromatic rings. The van der Waals surface area contributed by atoms with E-state index in [2.05, 4.69) is 31.2 Å². The van der Waals surface area contributed by atoms with E-state index in [0.29, 0.717) is 85.0 Å². The number of nitrogens with one attached hydrogen (secondary N) is 4. The summed E-state index contributed by atoms with van der Waals surface area (Å²) in [6.45, 7) is 8.90. The van der Waals surface area contributed by atoms with Crippen molar-refractivity contribution in [2.45, 2.75) is 150 Å². The van der Waals surface area contributed by atoms with Crippen LogP contribution in [0.5, 0.6) is 0 Å². The highest BCUT2D eigenvalue weighted by atomic mass is 32.2. The van der Waals surface area contributed by atoms with E-state index < -0.39 is 134 Å². The molecular formula is C86H95F3N14O20S4. The number of aromatic nitrogens is 6. The van der Waals surface area contributed by atoms with Crippen LogP contribution in [0.15, 0.2) is 135 Å². The minimum atomic E-state index is -3.29. The predicted octanol–water partition coefficient (Wildman–Crippen LogP) is 3.69. The molecule has 8 amide bonds. The first-order chi connectivity index (χ1) is 59.7. The summed E-state index contributed by atoms with van der Waals surface area (Å²) in [5.41, 5.74) is 1.79. The fourth-order valence-corrected chi connectivity index (χ4v) is 20.5. The Kier molecular flexibility index (Phi) is 26.0. The van der Waals surface area contributed by atoms with E-state index in [1.807, 2.05) is 6.92 Å². The first-order valence-electron chi connectivity index (χ1n) is 40.7. The van der Waals surface area contributed by atoms with Gasteiger partial charge in [0.25, 0.3) is 69.5 Å². The fourth-order valence-electron chi connectivity index (χ4n) is 15.6. The van der Waals surface area contributed by atoms with E-state index in [1.54, 1.807) is 69.6 Å². The van der Waals surface area contributed by atoms with Crippen molar-refractivity contribution in [2.24, 2.45) is 0 Å². The van der Waals surface area contributed by atoms with Gasteiger partial charge in [-0.05, 0) is 179 Å². The summed E-state index contributed by atoms with van der Waals surface area (Å²) in [6.07, 6.45) is 12.2. The first-order valence-corrected chi connectivity index (χ1v) is 48.3. The molecule has 4 N–H and O–H groups in total. The maximum atomic E-state index is 14.0. The van der Waals surface area contributed by atoms with Crippen molar-refractivity contribution in [3.05, 3.63) is 264 Å². The van der Waals surface area contributed by atoms with Gasteiger partial charge in [-0.3, -0.25) is 57.5 Å². The van der Waals surface area contributed by atoms with Crippen LogP contribution >= 0.6 is 0 Å². The number of aryl methyl sites for hydroxylation is 4. The number of sulfone groups is 4. The molecule has 4 aliphatic heterocycles. The zero-order valence-corrected chi connectivity index (χ0v) is 74.1. The van der Waals surface area contributed by atoms with Crippen molar-refractivity contribution in [1.29, 1.82) is 0 Å². The maximum absolute atomic E-state index is 14.0. The second kappa shape index (κ2) is 35.6. The van der Waals surface area contributed by atoms with Crippen molar-refractivity contribution in [2.75, 3.05) is 77.4 Å². The van der Waals surface area contributed by atoms with Crippen LogP contribution in [0.2, 0.25) is 0 Å². The monoisotopic (exact) mass is 1830 g/mol. The molecule has 4 saturated carbocycles. The number of benzene rings is 3. The van der Waals surface area contributed by atoms with Gasteiger partial charge in [0, 0.05) is 141 Å². The van der Waals surface area contributed by atoms with E-state index in [0.717, 1.165) is 11.1 Å². The average Bonchev–Trinajstić information content (AvgIpc) is 1.59. The summed E-state index contributed by atoms with van der Waals surface area (Å²) in [6, 6.07) is 24.8. The van der Waals surface area contributed by atoms with Crippen LogP contribution in [0.1, 0.15) is 180 Å². The van der Waals surface area contributed by atoms with Gasteiger partial charge in [-0.25, -0.2) is 56.8 Å². The number of halogens is 3. The largest absolute Gasteiger partial charge is 0.348 e. The number of carbonyl (C=O) groups is 8. The lowest BCUT2D eigenvalue weighted by Crippen LogP contribution is -2.49. The summed E-state index contributed by atoms with van der Waals surface area (Å²) in [5.74, 6) is -4.93. The van der Waals surface area contributed by atoms with Gasteiger partial charge in [-0.15, -0.1) is 0 Å². The van der Waals surface area contributed by atoms with E-state index in [4.69, 9.17) is 0 Å². The van der Waals surface area contributed by atoms with Gasteiger partial charge in [-0.1, -0.05) is 36.4 Å². The van der Waals surface area contributed by atoms with Crippen LogP contribution in [-0.4, -0.2) is 225 Å². The Bertz CT molecular complexity index is 6440. The van der Waals surface area contributed by atoms with Crippen molar-refractivity contribution in [1.82, 2.24) is 69.1 Å². The molecule has 0 bridgehead atoms. The highest BCUT2D eigenvalue weighted by molar-refractivity contribution is 7.93. The number of amides is 8. The molecule has 3 aromatic carbocycles. The topological polar surface area (TPSA) is 448 Å². The van der Waals surface area contributed by atoms with Gasteiger partial charge in [0.05, 0.1) is 25.5 Å². The minimum absolute atomic E-state index is 0.0531. The molecule has 9 heterocycles. The zero-order chi connectivity index (χ0) is 92.2. The summed E-state index contributed by atoms with van der Waals surface area (Å²) < 4.78 is 139. The smallest absolute Gasteiger partial charge is 0.270 e. The molecule has 8 aliphatic rings. The van der Waals surface area contributed by atoms with Gasteiger partial charge < -0.3 is 59.1 Å². The van der Waals surface area contributed by atoms with Crippen molar-refractivity contribution in [3.63, 3.8) is 0 Å². The summed E-state index contributed by atoms with van der Waals surface area (Å²) in [4.78, 5) is 167. The molecule has 0 spiro atoms. The van der Waals surface area contributed by atoms with Crippen LogP contribution in [0.3, 0.4) is 0 Å². The third kappa shape index (κ3) is 19.7. The van der Waals surface area contributed by atoms with Crippen LogP contribution < -0.4 is 43.5 Å². The van der Waals surface area contributed by atoms with E-state index >= 15 is 0 Å². The highest BCUT2D eigenvalue weighted by Gasteiger charge is 2.57. The number of nitrogens with zero attached hydrogens (tertiary/aromatic N) is 10. The Morgan fingerprint density at radius 1 is 0.339 bits per heavy atom. The summed E-state index contributed by atoms with van der Waals surface area (Å²) in [7, 11) is -13.2. The van der Waals surface area contributed by atoms with E-state index in [-0.39, 0.29) is 161 Å². The third-order valence-corrected chi connectivity index (χ3v) is 33.1. The fraction of sp³-hybridized carbons (Fsp3) is 0.419. The number of hydrogen-bond acceptors (Lipinski definition) is 22. The van der Waals surface area contributed by atoms with E-state index in [1.165, 1.54) is 130 Å². The highest BCUT2D eigenvalue weighted by Crippen LogP contribution is 2.47. The lowest BCUT2D eigenvalue weighted by molar-refractivity contribution is 0.0688. The molecule has 127 heavy (non-hydrogen) atoms. The summed E-state index contributed by atoms with van der Waals surface area (Å²) >= 11 is 0. The maximum Gasteiger partial charge on any atom is 0.270 e. The number of rotatable bonds is 24. The second-order valence-electron chi connectivity index (χ2n) is 33.8. The molecular weight excluding hydrogens is 1730 g/mol. The number of fused-ring (bicyclic) bond motifs is 4. The Morgan fingerprint density at radius 3 is 0.874 bits per heavy atom. The molecule has 0 unspecified atom stereocenters. The van der Waals surface area contributed by atoms with Crippen LogP contribution in [0.25, 0.3) is 0 Å². The lowest BCUT2D eigenvalue weighted by Gasteiger charge is -2.32. The Hall–Kier alpha value is -12.1. The van der Waals surface area contributed by atoms with Crippen molar-refractivity contribution >= 4 is 86.6 Å². The molecule has 4 fully saturated rings. The molecule has 34 nitrogen and oxygen atoms in total. The SMILES string of the molecule is Cc1ccc(CNC(=O)c2ccc3n(c2=O)CCN(CC2(S(C)(=O)=O)CC2)C3=O)c(F)c1.Cc1ccc(CNC(=O)c2ccc3n(c2=O)CCN(CC2(S(C)(=O)=O)CC2)C3=O)cc1F.Cc1ccc(CNC(=O)c2ccc3n(c2=O)CCN(CC2(S(C)(=O)=O)CC2)C3=O)cc1F.Cc1cnc(CNC(=O)c2ccc3n(c2=O)CCN(CC2(S(C)(=O)=O)CC2)C3=O)nc1. The Labute approximate surface area is 728 Å². The molecule has 16 rings (SSSR count). The molecule has 4 aliphatic carbocycles. The lowest BCUT2D eigenvalue weighted by atomic mass is 10.1.